The lowest BCUT2D eigenvalue weighted by molar-refractivity contribution is -0.122. The SMILES string of the molecule is COc1ccccc1CCC(=O)Nc1cnn(CC(=O)NC(C)c2nc(-c3ccccc3)no2)c1. The fourth-order valence-electron chi connectivity index (χ4n) is 3.51. The van der Waals surface area contributed by atoms with Crippen molar-refractivity contribution in [1.82, 2.24) is 25.2 Å². The number of ether oxygens (including phenoxy) is 1. The van der Waals surface area contributed by atoms with Gasteiger partial charge in [0.25, 0.3) is 0 Å². The summed E-state index contributed by atoms with van der Waals surface area (Å²) in [5.41, 5.74) is 2.30. The molecule has 1 unspecified atom stereocenters. The van der Waals surface area contributed by atoms with E-state index in [2.05, 4.69) is 25.9 Å². The summed E-state index contributed by atoms with van der Waals surface area (Å²) >= 11 is 0. The molecule has 180 valence electrons. The lowest BCUT2D eigenvalue weighted by Gasteiger charge is -2.09. The number of carbonyl (C=O) groups is 2. The zero-order valence-electron chi connectivity index (χ0n) is 19.5. The number of hydrogen-bond acceptors (Lipinski definition) is 7. The quantitative estimate of drug-likeness (QED) is 0.361. The summed E-state index contributed by atoms with van der Waals surface area (Å²) in [4.78, 5) is 29.2. The molecule has 2 N–H and O–H groups in total. The number of hydrogen-bond donors (Lipinski definition) is 2. The van der Waals surface area contributed by atoms with Gasteiger partial charge in [-0.15, -0.1) is 0 Å². The lowest BCUT2D eigenvalue weighted by Crippen LogP contribution is -2.30. The third-order valence-electron chi connectivity index (χ3n) is 5.26. The van der Waals surface area contributed by atoms with Gasteiger partial charge in [-0.25, -0.2) is 0 Å². The minimum absolute atomic E-state index is 0.0267. The van der Waals surface area contributed by atoms with Crippen LogP contribution in [0.4, 0.5) is 5.69 Å². The average Bonchev–Trinajstić information content (AvgIpc) is 3.53. The van der Waals surface area contributed by atoms with Gasteiger partial charge in [-0.1, -0.05) is 53.7 Å². The van der Waals surface area contributed by atoms with E-state index in [4.69, 9.17) is 9.26 Å². The van der Waals surface area contributed by atoms with E-state index in [1.807, 2.05) is 54.6 Å². The van der Waals surface area contributed by atoms with Crippen LogP contribution in [0.1, 0.15) is 30.8 Å². The number of para-hydroxylation sites is 1. The van der Waals surface area contributed by atoms with Crippen LogP contribution in [0.3, 0.4) is 0 Å². The molecule has 0 fully saturated rings. The number of methoxy groups -OCH3 is 1. The Hall–Kier alpha value is -4.47. The van der Waals surface area contributed by atoms with Gasteiger partial charge in [0.1, 0.15) is 18.3 Å². The highest BCUT2D eigenvalue weighted by Gasteiger charge is 2.18. The first-order valence-electron chi connectivity index (χ1n) is 11.1. The van der Waals surface area contributed by atoms with Gasteiger partial charge in [-0.3, -0.25) is 14.3 Å². The van der Waals surface area contributed by atoms with Crippen molar-refractivity contribution in [1.29, 1.82) is 0 Å². The summed E-state index contributed by atoms with van der Waals surface area (Å²) in [6.45, 7) is 1.73. The molecule has 1 atom stereocenters. The van der Waals surface area contributed by atoms with Gasteiger partial charge in [0, 0.05) is 18.2 Å². The molecule has 2 aromatic heterocycles. The first-order chi connectivity index (χ1) is 17.0. The van der Waals surface area contributed by atoms with Crippen LogP contribution >= 0.6 is 0 Å². The van der Waals surface area contributed by atoms with Gasteiger partial charge < -0.3 is 19.9 Å². The van der Waals surface area contributed by atoms with Crippen LogP contribution in [-0.4, -0.2) is 38.8 Å². The minimum atomic E-state index is -0.475. The topological polar surface area (TPSA) is 124 Å². The number of nitrogens with zero attached hydrogens (tertiary/aromatic N) is 4. The van der Waals surface area contributed by atoms with Gasteiger partial charge in [0.15, 0.2) is 0 Å². The van der Waals surface area contributed by atoms with E-state index in [1.165, 1.54) is 10.9 Å². The molecular formula is C25H26N6O4. The zero-order valence-corrected chi connectivity index (χ0v) is 19.5. The number of aromatic nitrogens is 4. The molecule has 35 heavy (non-hydrogen) atoms. The highest BCUT2D eigenvalue weighted by atomic mass is 16.5. The van der Waals surface area contributed by atoms with Crippen molar-refractivity contribution >= 4 is 17.5 Å². The van der Waals surface area contributed by atoms with E-state index in [0.717, 1.165) is 16.9 Å². The van der Waals surface area contributed by atoms with Crippen molar-refractivity contribution in [2.75, 3.05) is 12.4 Å². The molecule has 0 aliphatic rings. The smallest absolute Gasteiger partial charge is 0.249 e. The average molecular weight is 475 g/mol. The van der Waals surface area contributed by atoms with Gasteiger partial charge in [0.05, 0.1) is 19.0 Å². The Bertz CT molecular complexity index is 1280. The lowest BCUT2D eigenvalue weighted by atomic mass is 10.1. The minimum Gasteiger partial charge on any atom is -0.496 e. The summed E-state index contributed by atoms with van der Waals surface area (Å²) < 4.78 is 12.1. The number of rotatable bonds is 10. The van der Waals surface area contributed by atoms with Crippen LogP contribution in [0, 0.1) is 0 Å². The first kappa shape index (κ1) is 23.7. The number of amides is 2. The Labute approximate surface area is 202 Å². The number of carbonyl (C=O) groups excluding carboxylic acids is 2. The molecule has 4 rings (SSSR count). The summed E-state index contributed by atoms with van der Waals surface area (Å²) in [7, 11) is 1.61. The highest BCUT2D eigenvalue weighted by molar-refractivity contribution is 5.90. The van der Waals surface area contributed by atoms with Crippen molar-refractivity contribution in [2.45, 2.75) is 32.4 Å². The third-order valence-corrected chi connectivity index (χ3v) is 5.26. The van der Waals surface area contributed by atoms with Gasteiger partial charge in [0.2, 0.25) is 23.5 Å². The Balaban J connectivity index is 1.25. The van der Waals surface area contributed by atoms with E-state index in [0.29, 0.717) is 30.2 Å². The molecule has 2 amide bonds. The van der Waals surface area contributed by atoms with Crippen molar-refractivity contribution < 1.29 is 18.8 Å². The van der Waals surface area contributed by atoms with Crippen molar-refractivity contribution in [2.24, 2.45) is 0 Å². The van der Waals surface area contributed by atoms with E-state index in [9.17, 15) is 9.59 Å². The van der Waals surface area contributed by atoms with Crippen LogP contribution < -0.4 is 15.4 Å². The highest BCUT2D eigenvalue weighted by Crippen LogP contribution is 2.20. The molecule has 0 spiro atoms. The maximum atomic E-state index is 12.5. The predicted octanol–water partition coefficient (Wildman–Crippen LogP) is 3.39. The summed E-state index contributed by atoms with van der Waals surface area (Å²) in [5, 5.41) is 13.7. The second-order valence-electron chi connectivity index (χ2n) is 7.90. The first-order valence-corrected chi connectivity index (χ1v) is 11.1. The molecular weight excluding hydrogens is 448 g/mol. The molecule has 2 heterocycles. The van der Waals surface area contributed by atoms with E-state index in [1.54, 1.807) is 20.2 Å². The van der Waals surface area contributed by atoms with E-state index in [-0.39, 0.29) is 18.4 Å². The summed E-state index contributed by atoms with van der Waals surface area (Å²) in [6.07, 6.45) is 3.94. The number of benzene rings is 2. The molecule has 0 saturated heterocycles. The second-order valence-corrected chi connectivity index (χ2v) is 7.90. The molecule has 0 saturated carbocycles. The molecule has 0 aliphatic carbocycles. The summed E-state index contributed by atoms with van der Waals surface area (Å²) in [6, 6.07) is 16.6. The molecule has 0 bridgehead atoms. The Morgan fingerprint density at radius 1 is 1.09 bits per heavy atom. The Morgan fingerprint density at radius 2 is 1.86 bits per heavy atom. The largest absolute Gasteiger partial charge is 0.496 e. The van der Waals surface area contributed by atoms with Crippen LogP contribution in [0.2, 0.25) is 0 Å². The Morgan fingerprint density at radius 3 is 2.66 bits per heavy atom. The molecule has 10 nitrogen and oxygen atoms in total. The molecule has 0 radical (unpaired) electrons. The van der Waals surface area contributed by atoms with Gasteiger partial charge in [-0.05, 0) is 25.0 Å². The van der Waals surface area contributed by atoms with Crippen LogP contribution in [0.15, 0.2) is 71.5 Å². The van der Waals surface area contributed by atoms with Crippen molar-refractivity contribution in [3.8, 4) is 17.1 Å². The monoisotopic (exact) mass is 474 g/mol. The molecule has 2 aromatic carbocycles. The second kappa shape index (κ2) is 11.1. The predicted molar refractivity (Wildman–Crippen MR) is 128 cm³/mol. The number of aryl methyl sites for hydroxylation is 1. The normalized spacial score (nSPS) is 11.6. The Kier molecular flexibility index (Phi) is 7.51. The van der Waals surface area contributed by atoms with Crippen LogP contribution in [0.25, 0.3) is 11.4 Å². The number of anilines is 1. The molecule has 0 aliphatic heterocycles. The van der Waals surface area contributed by atoms with Crippen LogP contribution in [-0.2, 0) is 22.6 Å². The zero-order chi connectivity index (χ0) is 24.6. The van der Waals surface area contributed by atoms with Crippen molar-refractivity contribution in [3.05, 3.63) is 78.4 Å². The fraction of sp³-hybridized carbons (Fsp3) is 0.240. The summed E-state index contributed by atoms with van der Waals surface area (Å²) in [5.74, 6) is 1.08. The van der Waals surface area contributed by atoms with Gasteiger partial charge >= 0.3 is 0 Å². The maximum absolute atomic E-state index is 12.5. The third kappa shape index (κ3) is 6.32. The molecule has 10 heteroatoms. The standard InChI is InChI=1S/C25H26N6O4/c1-17(25-29-24(30-35-25)19-9-4-3-5-10-19)27-23(33)16-31-15-20(14-26-31)28-22(32)13-12-18-8-6-7-11-21(18)34-2/h3-11,14-15,17H,12-13,16H2,1-2H3,(H,27,33)(H,28,32). The van der Waals surface area contributed by atoms with Crippen LogP contribution in [0.5, 0.6) is 5.75 Å². The van der Waals surface area contributed by atoms with E-state index >= 15 is 0 Å². The maximum Gasteiger partial charge on any atom is 0.249 e. The van der Waals surface area contributed by atoms with E-state index < -0.39 is 6.04 Å². The number of nitrogens with one attached hydrogen (secondary N) is 2. The molecule has 4 aromatic rings. The van der Waals surface area contributed by atoms with Gasteiger partial charge in [-0.2, -0.15) is 10.1 Å². The van der Waals surface area contributed by atoms with Crippen molar-refractivity contribution in [3.63, 3.8) is 0 Å². The fourth-order valence-corrected chi connectivity index (χ4v) is 3.51.